The molecule has 1 aliphatic heterocycles. The molecule has 3 nitrogen and oxygen atoms in total. The normalized spacial score (nSPS) is 18.4. The zero-order valence-corrected chi connectivity index (χ0v) is 13.3. The van der Waals surface area contributed by atoms with Gasteiger partial charge < -0.3 is 10.4 Å². The summed E-state index contributed by atoms with van der Waals surface area (Å²) in [5, 5.41) is 13.7. The van der Waals surface area contributed by atoms with Gasteiger partial charge in [-0.15, -0.1) is 0 Å². The standard InChI is InChI=1S/C14H17Cl2F3N2O/c15-9-7-10(16)13(12(22)8-9)11(1-2-14(17,18)19)21-5-3-20-4-6-21/h7-8,11,20,22H,1-6H2/t11-/m1/s1. The van der Waals surface area contributed by atoms with Crippen molar-refractivity contribution in [2.24, 2.45) is 0 Å². The molecule has 1 heterocycles. The van der Waals surface area contributed by atoms with Crippen molar-refractivity contribution in [1.82, 2.24) is 10.2 Å². The van der Waals surface area contributed by atoms with Crippen LogP contribution in [0.3, 0.4) is 0 Å². The molecule has 2 rings (SSSR count). The fourth-order valence-electron chi connectivity index (χ4n) is 2.70. The van der Waals surface area contributed by atoms with E-state index >= 15 is 0 Å². The molecule has 0 saturated carbocycles. The van der Waals surface area contributed by atoms with E-state index in [9.17, 15) is 18.3 Å². The number of rotatable bonds is 4. The molecule has 0 unspecified atom stereocenters. The number of hydrogen-bond donors (Lipinski definition) is 2. The molecule has 0 amide bonds. The molecule has 0 aliphatic carbocycles. The smallest absolute Gasteiger partial charge is 0.389 e. The summed E-state index contributed by atoms with van der Waals surface area (Å²) in [5.74, 6) is -0.164. The van der Waals surface area contributed by atoms with Crippen molar-refractivity contribution in [1.29, 1.82) is 0 Å². The molecular weight excluding hydrogens is 340 g/mol. The minimum absolute atomic E-state index is 0.154. The van der Waals surface area contributed by atoms with Crippen molar-refractivity contribution in [3.8, 4) is 5.75 Å². The molecule has 1 aromatic rings. The zero-order chi connectivity index (χ0) is 16.3. The van der Waals surface area contributed by atoms with Crippen molar-refractivity contribution in [2.75, 3.05) is 26.2 Å². The largest absolute Gasteiger partial charge is 0.508 e. The maximum atomic E-state index is 12.6. The third-order valence-electron chi connectivity index (χ3n) is 3.70. The molecule has 124 valence electrons. The lowest BCUT2D eigenvalue weighted by Gasteiger charge is -2.36. The van der Waals surface area contributed by atoms with Crippen LogP contribution >= 0.6 is 23.2 Å². The second-order valence-corrected chi connectivity index (χ2v) is 6.12. The third-order valence-corrected chi connectivity index (χ3v) is 4.23. The average molecular weight is 357 g/mol. The van der Waals surface area contributed by atoms with E-state index in [1.807, 2.05) is 4.90 Å². The summed E-state index contributed by atoms with van der Waals surface area (Å²) in [6.45, 7) is 2.57. The third kappa shape index (κ3) is 4.65. The van der Waals surface area contributed by atoms with E-state index in [0.717, 1.165) is 0 Å². The SMILES string of the molecule is Oc1cc(Cl)cc(Cl)c1[C@@H](CCC(F)(F)F)N1CCNCC1. The number of nitrogens with zero attached hydrogens (tertiary/aromatic N) is 1. The summed E-state index contributed by atoms with van der Waals surface area (Å²) in [6.07, 6.45) is -5.33. The minimum Gasteiger partial charge on any atom is -0.508 e. The second-order valence-electron chi connectivity index (χ2n) is 5.28. The van der Waals surface area contributed by atoms with Crippen LogP contribution < -0.4 is 5.32 Å². The molecule has 0 spiro atoms. The molecule has 0 aromatic heterocycles. The van der Waals surface area contributed by atoms with E-state index in [-0.39, 0.29) is 22.2 Å². The molecule has 2 N–H and O–H groups in total. The Balaban J connectivity index is 2.30. The van der Waals surface area contributed by atoms with E-state index in [2.05, 4.69) is 5.32 Å². The number of hydrogen-bond acceptors (Lipinski definition) is 3. The van der Waals surface area contributed by atoms with Crippen molar-refractivity contribution in [2.45, 2.75) is 25.1 Å². The van der Waals surface area contributed by atoms with E-state index in [1.54, 1.807) is 0 Å². The lowest BCUT2D eigenvalue weighted by molar-refractivity contribution is -0.138. The van der Waals surface area contributed by atoms with Crippen molar-refractivity contribution in [3.05, 3.63) is 27.7 Å². The zero-order valence-electron chi connectivity index (χ0n) is 11.8. The Morgan fingerprint density at radius 1 is 1.23 bits per heavy atom. The van der Waals surface area contributed by atoms with Gasteiger partial charge in [0, 0.05) is 49.2 Å². The van der Waals surface area contributed by atoms with Gasteiger partial charge in [-0.1, -0.05) is 23.2 Å². The first-order chi connectivity index (χ1) is 10.3. The topological polar surface area (TPSA) is 35.5 Å². The number of benzene rings is 1. The second kappa shape index (κ2) is 7.25. The van der Waals surface area contributed by atoms with Crippen LogP contribution in [0.1, 0.15) is 24.4 Å². The highest BCUT2D eigenvalue weighted by molar-refractivity contribution is 6.35. The van der Waals surface area contributed by atoms with Gasteiger partial charge in [0.05, 0.1) is 5.02 Å². The number of nitrogens with one attached hydrogen (secondary N) is 1. The molecule has 1 aliphatic rings. The maximum Gasteiger partial charge on any atom is 0.389 e. The van der Waals surface area contributed by atoms with Crippen LogP contribution in [-0.4, -0.2) is 42.4 Å². The van der Waals surface area contributed by atoms with Gasteiger partial charge in [0.25, 0.3) is 0 Å². The number of phenols is 1. The summed E-state index contributed by atoms with van der Waals surface area (Å²) >= 11 is 11.9. The predicted octanol–water partition coefficient (Wildman–Crippen LogP) is 3.99. The Hall–Kier alpha value is -0.690. The van der Waals surface area contributed by atoms with Gasteiger partial charge in [-0.3, -0.25) is 4.90 Å². The molecule has 8 heteroatoms. The molecule has 0 radical (unpaired) electrons. The highest BCUT2D eigenvalue weighted by atomic mass is 35.5. The Morgan fingerprint density at radius 3 is 2.41 bits per heavy atom. The number of alkyl halides is 3. The molecule has 1 atom stereocenters. The molecule has 0 bridgehead atoms. The van der Waals surface area contributed by atoms with E-state index in [4.69, 9.17) is 23.2 Å². The highest BCUT2D eigenvalue weighted by Crippen LogP contribution is 2.41. The van der Waals surface area contributed by atoms with E-state index < -0.39 is 18.6 Å². The first kappa shape index (κ1) is 17.7. The summed E-state index contributed by atoms with van der Waals surface area (Å²) in [6, 6.07) is 2.17. The lowest BCUT2D eigenvalue weighted by Crippen LogP contribution is -2.45. The number of aromatic hydroxyl groups is 1. The monoisotopic (exact) mass is 356 g/mol. The van der Waals surface area contributed by atoms with Gasteiger partial charge in [-0.2, -0.15) is 13.2 Å². The van der Waals surface area contributed by atoms with Crippen LogP contribution in [0.2, 0.25) is 10.0 Å². The van der Waals surface area contributed by atoms with Crippen LogP contribution in [0.25, 0.3) is 0 Å². The summed E-state index contributed by atoms with van der Waals surface area (Å²) < 4.78 is 37.8. The van der Waals surface area contributed by atoms with Crippen molar-refractivity contribution >= 4 is 23.2 Å². The fourth-order valence-corrected chi connectivity index (χ4v) is 3.31. The first-order valence-electron chi connectivity index (χ1n) is 6.97. The average Bonchev–Trinajstić information content (AvgIpc) is 2.41. The van der Waals surface area contributed by atoms with Gasteiger partial charge in [0.15, 0.2) is 0 Å². The van der Waals surface area contributed by atoms with E-state index in [0.29, 0.717) is 31.7 Å². The number of phenolic OH excluding ortho intramolecular Hbond substituents is 1. The van der Waals surface area contributed by atoms with Gasteiger partial charge in [0.1, 0.15) is 5.75 Å². The maximum absolute atomic E-state index is 12.6. The van der Waals surface area contributed by atoms with Crippen molar-refractivity contribution < 1.29 is 18.3 Å². The van der Waals surface area contributed by atoms with Gasteiger partial charge in [0.2, 0.25) is 0 Å². The van der Waals surface area contributed by atoms with Gasteiger partial charge >= 0.3 is 6.18 Å². The summed E-state index contributed by atoms with van der Waals surface area (Å²) in [5.41, 5.74) is 0.317. The van der Waals surface area contributed by atoms with E-state index in [1.165, 1.54) is 12.1 Å². The molecular formula is C14H17Cl2F3N2O. The predicted molar refractivity (Wildman–Crippen MR) is 80.6 cm³/mol. The Morgan fingerprint density at radius 2 is 1.86 bits per heavy atom. The van der Waals surface area contributed by atoms with Crippen LogP contribution in [0.15, 0.2) is 12.1 Å². The first-order valence-corrected chi connectivity index (χ1v) is 7.73. The molecule has 1 saturated heterocycles. The van der Waals surface area contributed by atoms with Crippen molar-refractivity contribution in [3.63, 3.8) is 0 Å². The Labute approximate surface area is 137 Å². The molecule has 1 aromatic carbocycles. The molecule has 22 heavy (non-hydrogen) atoms. The number of halogens is 5. The molecule has 1 fully saturated rings. The highest BCUT2D eigenvalue weighted by Gasteiger charge is 2.33. The quantitative estimate of drug-likeness (QED) is 0.856. The number of piperazine rings is 1. The van der Waals surface area contributed by atoms with Gasteiger partial charge in [-0.05, 0) is 18.6 Å². The van der Waals surface area contributed by atoms with Crippen LogP contribution in [0, 0.1) is 0 Å². The Kier molecular flexibility index (Phi) is 5.82. The lowest BCUT2D eigenvalue weighted by atomic mass is 9.98. The Bertz CT molecular complexity index is 496. The summed E-state index contributed by atoms with van der Waals surface area (Å²) in [4.78, 5) is 1.91. The van der Waals surface area contributed by atoms with Gasteiger partial charge in [-0.25, -0.2) is 0 Å². The summed E-state index contributed by atoms with van der Waals surface area (Å²) in [7, 11) is 0. The van der Waals surface area contributed by atoms with Crippen LogP contribution in [-0.2, 0) is 0 Å². The fraction of sp³-hybridized carbons (Fsp3) is 0.571. The van der Waals surface area contributed by atoms with Crippen LogP contribution in [0.4, 0.5) is 13.2 Å². The minimum atomic E-state index is -4.25. The van der Waals surface area contributed by atoms with Crippen LogP contribution in [0.5, 0.6) is 5.75 Å².